The fourth-order valence-corrected chi connectivity index (χ4v) is 2.00. The first-order valence-electron chi connectivity index (χ1n) is 5.76. The zero-order valence-corrected chi connectivity index (χ0v) is 10.8. The van der Waals surface area contributed by atoms with Crippen LogP contribution < -0.4 is 5.32 Å². The Kier molecular flexibility index (Phi) is 3.24. The molecule has 0 aliphatic rings. The molecular weight excluding hydrogens is 212 g/mol. The van der Waals surface area contributed by atoms with Crippen molar-refractivity contribution >= 4 is 0 Å². The number of nitrogens with one attached hydrogen (secondary N) is 1. The maximum Gasteiger partial charge on any atom is 0.148 e. The molecule has 0 fully saturated rings. The maximum atomic E-state index is 4.43. The molecule has 0 spiro atoms. The molecule has 0 saturated heterocycles. The van der Waals surface area contributed by atoms with Crippen LogP contribution in [0.25, 0.3) is 5.69 Å². The molecule has 4 heteroatoms. The van der Waals surface area contributed by atoms with Gasteiger partial charge in [0, 0.05) is 6.54 Å². The highest BCUT2D eigenvalue weighted by Crippen LogP contribution is 2.17. The number of nitrogens with zero attached hydrogens (tertiary/aromatic N) is 3. The third-order valence-corrected chi connectivity index (χ3v) is 2.71. The van der Waals surface area contributed by atoms with Crippen LogP contribution >= 0.6 is 0 Å². The van der Waals surface area contributed by atoms with Crippen LogP contribution in [-0.2, 0) is 6.54 Å². The smallest absolute Gasteiger partial charge is 0.148 e. The van der Waals surface area contributed by atoms with E-state index in [9.17, 15) is 0 Å². The summed E-state index contributed by atoms with van der Waals surface area (Å²) in [6.45, 7) is 6.82. The maximum absolute atomic E-state index is 4.43. The van der Waals surface area contributed by atoms with Crippen LogP contribution in [0, 0.1) is 20.8 Å². The van der Waals surface area contributed by atoms with Crippen molar-refractivity contribution in [2.75, 3.05) is 7.05 Å². The SMILES string of the molecule is CNCc1cc(C)ccc1-n1nc(C)nc1C. The van der Waals surface area contributed by atoms with E-state index in [1.807, 2.05) is 25.6 Å². The van der Waals surface area contributed by atoms with Crippen LogP contribution in [0.15, 0.2) is 18.2 Å². The van der Waals surface area contributed by atoms with Gasteiger partial charge in [0.1, 0.15) is 11.6 Å². The van der Waals surface area contributed by atoms with E-state index in [2.05, 4.69) is 40.5 Å². The van der Waals surface area contributed by atoms with Gasteiger partial charge < -0.3 is 5.32 Å². The zero-order chi connectivity index (χ0) is 12.4. The normalized spacial score (nSPS) is 10.8. The summed E-state index contributed by atoms with van der Waals surface area (Å²) in [7, 11) is 1.95. The van der Waals surface area contributed by atoms with Crippen molar-refractivity contribution in [3.05, 3.63) is 41.0 Å². The summed E-state index contributed by atoms with van der Waals surface area (Å²) in [5, 5.41) is 7.62. The lowest BCUT2D eigenvalue weighted by Gasteiger charge is -2.11. The van der Waals surface area contributed by atoms with Crippen LogP contribution in [0.4, 0.5) is 0 Å². The molecule has 1 N–H and O–H groups in total. The minimum atomic E-state index is 0.804. The van der Waals surface area contributed by atoms with Crippen molar-refractivity contribution in [3.8, 4) is 5.69 Å². The second-order valence-corrected chi connectivity index (χ2v) is 4.28. The average molecular weight is 230 g/mol. The molecule has 2 rings (SSSR count). The molecule has 0 aliphatic heterocycles. The summed E-state index contributed by atoms with van der Waals surface area (Å²) < 4.78 is 1.90. The number of hydrogen-bond donors (Lipinski definition) is 1. The molecule has 0 radical (unpaired) electrons. The molecule has 90 valence electrons. The van der Waals surface area contributed by atoms with Crippen molar-refractivity contribution in [1.29, 1.82) is 0 Å². The molecule has 4 nitrogen and oxygen atoms in total. The van der Waals surface area contributed by atoms with E-state index < -0.39 is 0 Å². The van der Waals surface area contributed by atoms with Gasteiger partial charge in [0.05, 0.1) is 5.69 Å². The number of aromatic nitrogens is 3. The summed E-state index contributed by atoms with van der Waals surface area (Å²) in [4.78, 5) is 4.34. The van der Waals surface area contributed by atoms with Gasteiger partial charge in [-0.05, 0) is 39.4 Å². The van der Waals surface area contributed by atoms with Gasteiger partial charge in [-0.15, -0.1) is 0 Å². The van der Waals surface area contributed by atoms with E-state index in [1.54, 1.807) is 0 Å². The summed E-state index contributed by atoms with van der Waals surface area (Å²) in [6.07, 6.45) is 0. The summed E-state index contributed by atoms with van der Waals surface area (Å²) in [5.41, 5.74) is 3.59. The minimum Gasteiger partial charge on any atom is -0.316 e. The van der Waals surface area contributed by atoms with Gasteiger partial charge in [0.15, 0.2) is 0 Å². The zero-order valence-electron chi connectivity index (χ0n) is 10.8. The predicted molar refractivity (Wildman–Crippen MR) is 68.3 cm³/mol. The van der Waals surface area contributed by atoms with Crippen LogP contribution in [0.3, 0.4) is 0 Å². The number of benzene rings is 1. The van der Waals surface area contributed by atoms with Crippen molar-refractivity contribution < 1.29 is 0 Å². The van der Waals surface area contributed by atoms with Gasteiger partial charge >= 0.3 is 0 Å². The second kappa shape index (κ2) is 4.67. The molecule has 0 aliphatic carbocycles. The first kappa shape index (κ1) is 11.8. The van der Waals surface area contributed by atoms with E-state index in [0.29, 0.717) is 0 Å². The van der Waals surface area contributed by atoms with Gasteiger partial charge in [-0.25, -0.2) is 9.67 Å². The Morgan fingerprint density at radius 2 is 2.00 bits per heavy atom. The molecular formula is C13H18N4. The largest absolute Gasteiger partial charge is 0.316 e. The van der Waals surface area contributed by atoms with E-state index in [1.165, 1.54) is 11.1 Å². The summed E-state index contributed by atoms with van der Waals surface area (Å²) >= 11 is 0. The summed E-state index contributed by atoms with van der Waals surface area (Å²) in [6, 6.07) is 6.39. The third kappa shape index (κ3) is 2.36. The lowest BCUT2D eigenvalue weighted by molar-refractivity contribution is 0.773. The molecule has 1 aromatic carbocycles. The van der Waals surface area contributed by atoms with Gasteiger partial charge in [-0.1, -0.05) is 17.7 Å². The molecule has 0 saturated carbocycles. The Morgan fingerprint density at radius 3 is 2.59 bits per heavy atom. The van der Waals surface area contributed by atoms with Crippen molar-refractivity contribution in [3.63, 3.8) is 0 Å². The van der Waals surface area contributed by atoms with Crippen molar-refractivity contribution in [2.45, 2.75) is 27.3 Å². The average Bonchev–Trinajstić information content (AvgIpc) is 2.59. The Morgan fingerprint density at radius 1 is 1.24 bits per heavy atom. The third-order valence-electron chi connectivity index (χ3n) is 2.71. The second-order valence-electron chi connectivity index (χ2n) is 4.28. The lowest BCUT2D eigenvalue weighted by Crippen LogP contribution is -2.11. The van der Waals surface area contributed by atoms with Crippen LogP contribution in [-0.4, -0.2) is 21.8 Å². The molecule has 0 amide bonds. The van der Waals surface area contributed by atoms with Gasteiger partial charge in [-0.2, -0.15) is 5.10 Å². The van der Waals surface area contributed by atoms with E-state index >= 15 is 0 Å². The van der Waals surface area contributed by atoms with Gasteiger partial charge in [-0.3, -0.25) is 0 Å². The summed E-state index contributed by atoms with van der Waals surface area (Å²) in [5.74, 6) is 1.72. The predicted octanol–water partition coefficient (Wildman–Crippen LogP) is 1.91. The molecule has 2 aromatic rings. The molecule has 1 heterocycles. The molecule has 1 aromatic heterocycles. The van der Waals surface area contributed by atoms with Crippen LogP contribution in [0.5, 0.6) is 0 Å². The van der Waals surface area contributed by atoms with Gasteiger partial charge in [0.25, 0.3) is 0 Å². The lowest BCUT2D eigenvalue weighted by atomic mass is 10.1. The quantitative estimate of drug-likeness (QED) is 0.876. The standard InChI is InChI=1S/C13H18N4/c1-9-5-6-13(12(7-9)8-14-4)17-11(3)15-10(2)16-17/h5-7,14H,8H2,1-4H3. The Labute approximate surface area is 102 Å². The monoisotopic (exact) mass is 230 g/mol. The Bertz CT molecular complexity index is 528. The first-order chi connectivity index (χ1) is 8.11. The van der Waals surface area contributed by atoms with E-state index in [0.717, 1.165) is 23.9 Å². The first-order valence-corrected chi connectivity index (χ1v) is 5.76. The van der Waals surface area contributed by atoms with Crippen molar-refractivity contribution in [1.82, 2.24) is 20.1 Å². The number of rotatable bonds is 3. The van der Waals surface area contributed by atoms with Crippen LogP contribution in [0.1, 0.15) is 22.8 Å². The number of hydrogen-bond acceptors (Lipinski definition) is 3. The van der Waals surface area contributed by atoms with E-state index in [-0.39, 0.29) is 0 Å². The van der Waals surface area contributed by atoms with Crippen molar-refractivity contribution in [2.24, 2.45) is 0 Å². The fourth-order valence-electron chi connectivity index (χ4n) is 2.00. The molecule has 0 atom stereocenters. The number of aryl methyl sites for hydroxylation is 3. The van der Waals surface area contributed by atoms with Gasteiger partial charge in [0.2, 0.25) is 0 Å². The highest BCUT2D eigenvalue weighted by molar-refractivity contribution is 5.43. The molecule has 0 unspecified atom stereocenters. The molecule has 17 heavy (non-hydrogen) atoms. The van der Waals surface area contributed by atoms with Crippen LogP contribution in [0.2, 0.25) is 0 Å². The Balaban J connectivity index is 2.54. The highest BCUT2D eigenvalue weighted by Gasteiger charge is 2.09. The topological polar surface area (TPSA) is 42.7 Å². The molecule has 0 bridgehead atoms. The Hall–Kier alpha value is -1.68. The van der Waals surface area contributed by atoms with E-state index in [4.69, 9.17) is 0 Å². The minimum absolute atomic E-state index is 0.804. The fraction of sp³-hybridized carbons (Fsp3) is 0.385. The highest BCUT2D eigenvalue weighted by atomic mass is 15.3.